The van der Waals surface area contributed by atoms with Gasteiger partial charge in [0.25, 0.3) is 0 Å². The van der Waals surface area contributed by atoms with E-state index in [9.17, 15) is 9.59 Å². The fourth-order valence-electron chi connectivity index (χ4n) is 2.66. The first kappa shape index (κ1) is 19.5. The number of urea groups is 1. The molecule has 1 atom stereocenters. The topological polar surface area (TPSA) is 71.1 Å². The van der Waals surface area contributed by atoms with E-state index in [0.29, 0.717) is 37.9 Å². The van der Waals surface area contributed by atoms with Gasteiger partial charge < -0.3 is 24.6 Å². The zero-order valence-corrected chi connectivity index (χ0v) is 15.3. The van der Waals surface area contributed by atoms with Crippen molar-refractivity contribution in [2.24, 2.45) is 0 Å². The Balaban J connectivity index is 1.94. The van der Waals surface area contributed by atoms with Crippen LogP contribution in [0, 0.1) is 0 Å². The molecule has 0 bridgehead atoms. The van der Waals surface area contributed by atoms with Crippen molar-refractivity contribution in [1.29, 1.82) is 0 Å². The van der Waals surface area contributed by atoms with E-state index in [1.807, 2.05) is 0 Å². The van der Waals surface area contributed by atoms with E-state index in [1.165, 1.54) is 0 Å². The van der Waals surface area contributed by atoms with Gasteiger partial charge in [-0.25, -0.2) is 4.79 Å². The van der Waals surface area contributed by atoms with Gasteiger partial charge in [0.15, 0.2) is 0 Å². The fraction of sp³-hybridized carbons (Fsp3) is 0.529. The van der Waals surface area contributed by atoms with Crippen LogP contribution in [0.15, 0.2) is 24.3 Å². The number of methoxy groups -OCH3 is 2. The number of nitrogens with zero attached hydrogens (tertiary/aromatic N) is 2. The summed E-state index contributed by atoms with van der Waals surface area (Å²) in [6, 6.07) is 6.63. The van der Waals surface area contributed by atoms with Crippen LogP contribution in [0.4, 0.5) is 10.5 Å². The Hall–Kier alpha value is -1.83. The molecule has 1 aliphatic rings. The molecule has 0 aliphatic carbocycles. The highest BCUT2D eigenvalue weighted by atomic mass is 35.5. The lowest BCUT2D eigenvalue weighted by atomic mass is 10.2. The lowest BCUT2D eigenvalue weighted by Crippen LogP contribution is -2.47. The van der Waals surface area contributed by atoms with Crippen LogP contribution in [0.1, 0.15) is 6.42 Å². The molecule has 2 rings (SSSR count). The number of benzene rings is 1. The first-order valence-electron chi connectivity index (χ1n) is 8.14. The third kappa shape index (κ3) is 5.59. The normalized spacial score (nSPS) is 17.0. The number of amides is 3. The SMILES string of the molecule is COCCN(CCOC)C(=O)NC1CC(=O)N(c2ccc(Cl)cc2)C1. The van der Waals surface area contributed by atoms with Gasteiger partial charge in [0.2, 0.25) is 5.91 Å². The van der Waals surface area contributed by atoms with Crippen molar-refractivity contribution in [3.63, 3.8) is 0 Å². The molecule has 1 heterocycles. The summed E-state index contributed by atoms with van der Waals surface area (Å²) in [5, 5.41) is 3.54. The minimum atomic E-state index is -0.233. The van der Waals surface area contributed by atoms with E-state index in [4.69, 9.17) is 21.1 Å². The van der Waals surface area contributed by atoms with Gasteiger partial charge in [-0.2, -0.15) is 0 Å². The Morgan fingerprint density at radius 2 is 1.84 bits per heavy atom. The van der Waals surface area contributed by atoms with Gasteiger partial charge in [-0.3, -0.25) is 4.79 Å². The van der Waals surface area contributed by atoms with Crippen molar-refractivity contribution in [2.75, 3.05) is 52.0 Å². The standard InChI is InChI=1S/C17H24ClN3O4/c1-24-9-7-20(8-10-25-2)17(23)19-14-11-16(22)21(12-14)15-5-3-13(18)4-6-15/h3-6,14H,7-12H2,1-2H3,(H,19,23). The second-order valence-corrected chi connectivity index (χ2v) is 6.24. The molecule has 0 saturated carbocycles. The minimum Gasteiger partial charge on any atom is -0.383 e. The van der Waals surface area contributed by atoms with Crippen molar-refractivity contribution in [3.8, 4) is 0 Å². The molecule has 8 heteroatoms. The predicted molar refractivity (Wildman–Crippen MR) is 96.1 cm³/mol. The van der Waals surface area contributed by atoms with E-state index < -0.39 is 0 Å². The predicted octanol–water partition coefficient (Wildman–Crippen LogP) is 1.75. The molecule has 1 unspecified atom stereocenters. The molecule has 0 spiro atoms. The molecule has 3 amide bonds. The van der Waals surface area contributed by atoms with E-state index in [-0.39, 0.29) is 24.4 Å². The number of nitrogens with one attached hydrogen (secondary N) is 1. The molecule has 7 nitrogen and oxygen atoms in total. The number of carbonyl (C=O) groups is 2. The Morgan fingerprint density at radius 3 is 2.40 bits per heavy atom. The molecule has 1 N–H and O–H groups in total. The number of anilines is 1. The first-order chi connectivity index (χ1) is 12.0. The molecule has 1 aliphatic heterocycles. The molecule has 0 aromatic heterocycles. The summed E-state index contributed by atoms with van der Waals surface area (Å²) in [5.41, 5.74) is 0.779. The molecule has 1 fully saturated rings. The van der Waals surface area contributed by atoms with Gasteiger partial charge in [-0.05, 0) is 24.3 Å². The van der Waals surface area contributed by atoms with Gasteiger partial charge in [0.1, 0.15) is 0 Å². The van der Waals surface area contributed by atoms with Gasteiger partial charge in [-0.1, -0.05) is 11.6 Å². The van der Waals surface area contributed by atoms with E-state index in [0.717, 1.165) is 5.69 Å². The van der Waals surface area contributed by atoms with Crippen LogP contribution in [0.3, 0.4) is 0 Å². The zero-order valence-electron chi connectivity index (χ0n) is 14.5. The summed E-state index contributed by atoms with van der Waals surface area (Å²) in [6.07, 6.45) is 0.275. The van der Waals surface area contributed by atoms with Gasteiger partial charge in [-0.15, -0.1) is 0 Å². The number of halogens is 1. The van der Waals surface area contributed by atoms with Crippen LogP contribution in [-0.4, -0.2) is 69.9 Å². The molecule has 1 aromatic rings. The Labute approximate surface area is 152 Å². The molecular weight excluding hydrogens is 346 g/mol. The Morgan fingerprint density at radius 1 is 1.24 bits per heavy atom. The molecule has 0 radical (unpaired) electrons. The summed E-state index contributed by atoms with van der Waals surface area (Å²) in [4.78, 5) is 28.0. The average molecular weight is 370 g/mol. The number of hydrogen-bond donors (Lipinski definition) is 1. The summed E-state index contributed by atoms with van der Waals surface area (Å²) in [6.45, 7) is 2.25. The lowest BCUT2D eigenvalue weighted by molar-refractivity contribution is -0.117. The van der Waals surface area contributed by atoms with E-state index in [2.05, 4.69) is 5.32 Å². The summed E-state index contributed by atoms with van der Waals surface area (Å²) >= 11 is 5.88. The number of ether oxygens (including phenoxy) is 2. The lowest BCUT2D eigenvalue weighted by Gasteiger charge is -2.24. The van der Waals surface area contributed by atoms with Crippen LogP contribution in [-0.2, 0) is 14.3 Å². The highest BCUT2D eigenvalue weighted by Crippen LogP contribution is 2.23. The Bertz CT molecular complexity index is 574. The van der Waals surface area contributed by atoms with E-state index in [1.54, 1.807) is 48.3 Å². The van der Waals surface area contributed by atoms with Crippen molar-refractivity contribution in [3.05, 3.63) is 29.3 Å². The van der Waals surface area contributed by atoms with Gasteiger partial charge in [0.05, 0.1) is 19.3 Å². The maximum absolute atomic E-state index is 12.5. The van der Waals surface area contributed by atoms with Gasteiger partial charge >= 0.3 is 6.03 Å². The molecule has 1 aromatic carbocycles. The monoisotopic (exact) mass is 369 g/mol. The maximum atomic E-state index is 12.5. The molecule has 1 saturated heterocycles. The number of rotatable bonds is 8. The largest absolute Gasteiger partial charge is 0.383 e. The van der Waals surface area contributed by atoms with Crippen molar-refractivity contribution in [2.45, 2.75) is 12.5 Å². The summed E-state index contributed by atoms with van der Waals surface area (Å²) in [7, 11) is 3.18. The first-order valence-corrected chi connectivity index (χ1v) is 8.52. The molecule has 25 heavy (non-hydrogen) atoms. The quantitative estimate of drug-likeness (QED) is 0.757. The minimum absolute atomic E-state index is 0.0204. The average Bonchev–Trinajstić information content (AvgIpc) is 2.96. The fourth-order valence-corrected chi connectivity index (χ4v) is 2.78. The third-order valence-corrected chi connectivity index (χ3v) is 4.26. The zero-order chi connectivity index (χ0) is 18.2. The van der Waals surface area contributed by atoms with Crippen molar-refractivity contribution >= 4 is 29.2 Å². The molecular formula is C17H24ClN3O4. The van der Waals surface area contributed by atoms with Crippen LogP contribution in [0.25, 0.3) is 0 Å². The summed E-state index contributed by atoms with van der Waals surface area (Å²) in [5.74, 6) is -0.0204. The maximum Gasteiger partial charge on any atom is 0.317 e. The second kappa shape index (κ2) is 9.60. The second-order valence-electron chi connectivity index (χ2n) is 5.80. The smallest absolute Gasteiger partial charge is 0.317 e. The Kier molecular flexibility index (Phi) is 7.49. The van der Waals surface area contributed by atoms with Gasteiger partial charge in [0, 0.05) is 51.0 Å². The summed E-state index contributed by atoms with van der Waals surface area (Å²) < 4.78 is 10.1. The number of carbonyl (C=O) groups excluding carboxylic acids is 2. The third-order valence-electron chi connectivity index (χ3n) is 4.01. The van der Waals surface area contributed by atoms with Crippen LogP contribution < -0.4 is 10.2 Å². The van der Waals surface area contributed by atoms with Crippen LogP contribution >= 0.6 is 11.6 Å². The number of hydrogen-bond acceptors (Lipinski definition) is 4. The highest BCUT2D eigenvalue weighted by Gasteiger charge is 2.32. The van der Waals surface area contributed by atoms with E-state index >= 15 is 0 Å². The highest BCUT2D eigenvalue weighted by molar-refractivity contribution is 6.30. The van der Waals surface area contributed by atoms with Crippen LogP contribution in [0.2, 0.25) is 5.02 Å². The van der Waals surface area contributed by atoms with Crippen molar-refractivity contribution < 1.29 is 19.1 Å². The van der Waals surface area contributed by atoms with Crippen molar-refractivity contribution in [1.82, 2.24) is 10.2 Å². The molecule has 138 valence electrons. The van der Waals surface area contributed by atoms with Crippen LogP contribution in [0.5, 0.6) is 0 Å².